The number of carbonyl (C=O) groups is 1. The first-order valence-electron chi connectivity index (χ1n) is 10.3. The lowest BCUT2D eigenvalue weighted by molar-refractivity contribution is 0.102. The molecular formula is C26H21N5O. The van der Waals surface area contributed by atoms with E-state index in [4.69, 9.17) is 5.73 Å². The summed E-state index contributed by atoms with van der Waals surface area (Å²) in [7, 11) is 0. The highest BCUT2D eigenvalue weighted by Gasteiger charge is 2.10. The van der Waals surface area contributed by atoms with E-state index in [1.165, 1.54) is 10.8 Å². The van der Waals surface area contributed by atoms with Crippen LogP contribution >= 0.6 is 0 Å². The molecule has 0 saturated carbocycles. The second-order valence-corrected chi connectivity index (χ2v) is 7.60. The van der Waals surface area contributed by atoms with E-state index in [2.05, 4.69) is 46.0 Å². The third kappa shape index (κ3) is 4.06. The molecule has 156 valence electrons. The fourth-order valence-corrected chi connectivity index (χ4v) is 3.63. The maximum absolute atomic E-state index is 12.5. The molecule has 0 spiro atoms. The first-order chi connectivity index (χ1) is 15.7. The Morgan fingerprint density at radius 3 is 2.44 bits per heavy atom. The highest BCUT2D eigenvalue weighted by Crippen LogP contribution is 2.21. The Hall–Kier alpha value is -4.45. The predicted octanol–water partition coefficient (Wildman–Crippen LogP) is 4.98. The summed E-state index contributed by atoms with van der Waals surface area (Å²) in [5.74, 6) is -0.214. The molecule has 1 heterocycles. The van der Waals surface area contributed by atoms with Gasteiger partial charge in [0.2, 0.25) is 0 Å². The van der Waals surface area contributed by atoms with Crippen LogP contribution < -0.4 is 11.1 Å². The van der Waals surface area contributed by atoms with Gasteiger partial charge in [0.1, 0.15) is 5.69 Å². The molecule has 0 aliphatic carbocycles. The minimum atomic E-state index is -0.214. The van der Waals surface area contributed by atoms with Crippen LogP contribution in [0.3, 0.4) is 0 Å². The molecule has 0 atom stereocenters. The van der Waals surface area contributed by atoms with Crippen LogP contribution in [0.4, 0.5) is 11.4 Å². The lowest BCUT2D eigenvalue weighted by atomic mass is 10.1. The average Bonchev–Trinajstić information content (AvgIpc) is 3.29. The fourth-order valence-electron chi connectivity index (χ4n) is 3.63. The summed E-state index contributed by atoms with van der Waals surface area (Å²) in [5, 5.41) is 13.8. The number of benzene rings is 4. The second-order valence-electron chi connectivity index (χ2n) is 7.60. The highest BCUT2D eigenvalue weighted by atomic mass is 16.1. The van der Waals surface area contributed by atoms with Gasteiger partial charge in [-0.25, -0.2) is 4.68 Å². The summed E-state index contributed by atoms with van der Waals surface area (Å²) < 4.78 is 1.82. The highest BCUT2D eigenvalue weighted by molar-refractivity contribution is 6.05. The van der Waals surface area contributed by atoms with E-state index in [-0.39, 0.29) is 5.91 Å². The van der Waals surface area contributed by atoms with Gasteiger partial charge < -0.3 is 11.1 Å². The Balaban J connectivity index is 1.29. The summed E-state index contributed by atoms with van der Waals surface area (Å²) in [4.78, 5) is 12.5. The number of para-hydroxylation sites is 2. The summed E-state index contributed by atoms with van der Waals surface area (Å²) >= 11 is 0. The van der Waals surface area contributed by atoms with Crippen molar-refractivity contribution in [3.05, 3.63) is 108 Å². The molecule has 0 saturated heterocycles. The van der Waals surface area contributed by atoms with Crippen LogP contribution in [0.15, 0.2) is 97.2 Å². The van der Waals surface area contributed by atoms with E-state index in [1.54, 1.807) is 24.3 Å². The molecule has 1 amide bonds. The molecule has 0 fully saturated rings. The Morgan fingerprint density at radius 1 is 0.875 bits per heavy atom. The molecule has 0 radical (unpaired) electrons. The molecule has 0 bridgehead atoms. The summed E-state index contributed by atoms with van der Waals surface area (Å²) in [6.45, 7) is 0.636. The average molecular weight is 419 g/mol. The number of hydrogen-bond donors (Lipinski definition) is 2. The zero-order valence-electron chi connectivity index (χ0n) is 17.3. The number of rotatable bonds is 5. The minimum absolute atomic E-state index is 0.214. The normalized spacial score (nSPS) is 10.9. The number of amides is 1. The molecule has 0 aliphatic rings. The zero-order chi connectivity index (χ0) is 21.9. The third-order valence-electron chi connectivity index (χ3n) is 5.35. The van der Waals surface area contributed by atoms with Crippen LogP contribution in [0.1, 0.15) is 15.9 Å². The number of nitrogens with two attached hydrogens (primary N) is 1. The first kappa shape index (κ1) is 19.5. The number of hydrogen-bond acceptors (Lipinski definition) is 4. The molecule has 0 unspecified atom stereocenters. The Kier molecular flexibility index (Phi) is 5.09. The van der Waals surface area contributed by atoms with Crippen molar-refractivity contribution in [1.82, 2.24) is 15.0 Å². The predicted molar refractivity (Wildman–Crippen MR) is 127 cm³/mol. The molecule has 32 heavy (non-hydrogen) atoms. The molecule has 3 N–H and O–H groups in total. The molecule has 5 aromatic rings. The first-order valence-corrected chi connectivity index (χ1v) is 10.3. The largest absolute Gasteiger partial charge is 0.397 e. The molecule has 6 heteroatoms. The van der Waals surface area contributed by atoms with Gasteiger partial charge in [-0.3, -0.25) is 4.79 Å². The Bertz CT molecular complexity index is 1410. The smallest absolute Gasteiger partial charge is 0.255 e. The standard InChI is InChI=1S/C26H21N5O/c27-23-7-3-4-8-24(23)28-26(32)21-13-11-20(12-14-21)25-17-31(30-29-25)16-18-9-10-19-5-1-2-6-22(19)15-18/h1-15,17H,16,27H2,(H,28,32). The number of nitrogens with one attached hydrogen (secondary N) is 1. The Labute approximate surface area is 185 Å². The van der Waals surface area contributed by atoms with Gasteiger partial charge in [-0.05, 0) is 46.7 Å². The minimum Gasteiger partial charge on any atom is -0.397 e. The van der Waals surface area contributed by atoms with Crippen molar-refractivity contribution >= 4 is 28.1 Å². The topological polar surface area (TPSA) is 85.8 Å². The molecular weight excluding hydrogens is 398 g/mol. The van der Waals surface area contributed by atoms with Crippen LogP contribution in [0, 0.1) is 0 Å². The fraction of sp³-hybridized carbons (Fsp3) is 0.0385. The van der Waals surface area contributed by atoms with Crippen molar-refractivity contribution in [2.75, 3.05) is 11.1 Å². The summed E-state index contributed by atoms with van der Waals surface area (Å²) in [6, 6.07) is 29.1. The zero-order valence-corrected chi connectivity index (χ0v) is 17.3. The molecule has 5 rings (SSSR count). The Morgan fingerprint density at radius 2 is 1.62 bits per heavy atom. The van der Waals surface area contributed by atoms with Crippen molar-refractivity contribution in [1.29, 1.82) is 0 Å². The molecule has 6 nitrogen and oxygen atoms in total. The monoisotopic (exact) mass is 419 g/mol. The van der Waals surface area contributed by atoms with Gasteiger partial charge in [-0.1, -0.05) is 65.9 Å². The van der Waals surface area contributed by atoms with E-state index < -0.39 is 0 Å². The van der Waals surface area contributed by atoms with Crippen molar-refractivity contribution in [3.8, 4) is 11.3 Å². The SMILES string of the molecule is Nc1ccccc1NC(=O)c1ccc(-c2cn(Cc3ccc4ccccc4c3)nn2)cc1. The number of aromatic nitrogens is 3. The van der Waals surface area contributed by atoms with Crippen LogP contribution in [0.25, 0.3) is 22.0 Å². The quantitative estimate of drug-likeness (QED) is 0.393. The van der Waals surface area contributed by atoms with Gasteiger partial charge in [0, 0.05) is 11.1 Å². The van der Waals surface area contributed by atoms with Crippen molar-refractivity contribution < 1.29 is 4.79 Å². The maximum atomic E-state index is 12.5. The lowest BCUT2D eigenvalue weighted by Crippen LogP contribution is -2.12. The molecule has 0 aliphatic heterocycles. The molecule has 1 aromatic heterocycles. The van der Waals surface area contributed by atoms with Crippen molar-refractivity contribution in [2.24, 2.45) is 0 Å². The van der Waals surface area contributed by atoms with E-state index in [9.17, 15) is 4.79 Å². The van der Waals surface area contributed by atoms with Gasteiger partial charge in [0.15, 0.2) is 0 Å². The molecule has 4 aromatic carbocycles. The van der Waals surface area contributed by atoms with Crippen LogP contribution in [-0.2, 0) is 6.54 Å². The number of anilines is 2. The van der Waals surface area contributed by atoms with E-state index in [0.29, 0.717) is 23.5 Å². The van der Waals surface area contributed by atoms with Gasteiger partial charge >= 0.3 is 0 Å². The van der Waals surface area contributed by atoms with Crippen molar-refractivity contribution in [2.45, 2.75) is 6.54 Å². The van der Waals surface area contributed by atoms with Gasteiger partial charge in [-0.15, -0.1) is 5.10 Å². The van der Waals surface area contributed by atoms with Gasteiger partial charge in [-0.2, -0.15) is 0 Å². The van der Waals surface area contributed by atoms with Gasteiger partial charge in [0.25, 0.3) is 5.91 Å². The van der Waals surface area contributed by atoms with E-state index in [1.807, 2.05) is 47.3 Å². The number of nitrogens with zero attached hydrogens (tertiary/aromatic N) is 3. The number of carbonyl (C=O) groups excluding carboxylic acids is 1. The van der Waals surface area contributed by atoms with E-state index in [0.717, 1.165) is 16.8 Å². The van der Waals surface area contributed by atoms with Crippen LogP contribution in [0.5, 0.6) is 0 Å². The van der Waals surface area contributed by atoms with E-state index >= 15 is 0 Å². The van der Waals surface area contributed by atoms with Crippen LogP contribution in [0.2, 0.25) is 0 Å². The van der Waals surface area contributed by atoms with Crippen molar-refractivity contribution in [3.63, 3.8) is 0 Å². The third-order valence-corrected chi connectivity index (χ3v) is 5.35. The maximum Gasteiger partial charge on any atom is 0.255 e. The lowest BCUT2D eigenvalue weighted by Gasteiger charge is -2.08. The number of fused-ring (bicyclic) bond motifs is 1. The van der Waals surface area contributed by atoms with Crippen LogP contribution in [-0.4, -0.2) is 20.9 Å². The summed E-state index contributed by atoms with van der Waals surface area (Å²) in [5.41, 5.74) is 10.4. The second kappa shape index (κ2) is 8.35. The van der Waals surface area contributed by atoms with Gasteiger partial charge in [0.05, 0.1) is 24.1 Å². The summed E-state index contributed by atoms with van der Waals surface area (Å²) in [6.07, 6.45) is 1.91. The number of nitrogen functional groups attached to an aromatic ring is 1.